The Morgan fingerprint density at radius 3 is 2.80 bits per heavy atom. The van der Waals surface area contributed by atoms with Gasteiger partial charge in [-0.2, -0.15) is 5.10 Å². The van der Waals surface area contributed by atoms with Gasteiger partial charge in [-0.15, -0.1) is 6.58 Å². The number of methoxy groups -OCH3 is 1. The summed E-state index contributed by atoms with van der Waals surface area (Å²) in [5.74, 6) is 0.929. The van der Waals surface area contributed by atoms with E-state index in [0.717, 1.165) is 36.7 Å². The summed E-state index contributed by atoms with van der Waals surface area (Å²) < 4.78 is 5.54. The molecule has 1 heterocycles. The number of hydrazone groups is 1. The van der Waals surface area contributed by atoms with Crippen LogP contribution in [0.25, 0.3) is 0 Å². The van der Waals surface area contributed by atoms with E-state index in [0.29, 0.717) is 11.7 Å². The van der Waals surface area contributed by atoms with E-state index in [-0.39, 0.29) is 0 Å². The van der Waals surface area contributed by atoms with Crippen molar-refractivity contribution in [3.8, 4) is 5.75 Å². The Morgan fingerprint density at radius 2 is 2.12 bits per heavy atom. The van der Waals surface area contributed by atoms with E-state index in [4.69, 9.17) is 17.0 Å². The first-order valence-corrected chi connectivity index (χ1v) is 9.13. The summed E-state index contributed by atoms with van der Waals surface area (Å²) in [6.45, 7) is 9.46. The fraction of sp³-hybridized carbons (Fsp3) is 0.474. The van der Waals surface area contributed by atoms with E-state index < -0.39 is 0 Å². The van der Waals surface area contributed by atoms with Crippen LogP contribution in [0.3, 0.4) is 0 Å². The average molecular weight is 361 g/mol. The van der Waals surface area contributed by atoms with Gasteiger partial charge in [0.05, 0.1) is 12.8 Å². The largest absolute Gasteiger partial charge is 0.496 e. The maximum atomic E-state index is 5.54. The zero-order chi connectivity index (χ0) is 18.1. The van der Waals surface area contributed by atoms with E-state index in [1.54, 1.807) is 13.2 Å². The average Bonchev–Trinajstić information content (AvgIpc) is 2.65. The second-order valence-corrected chi connectivity index (χ2v) is 6.58. The Morgan fingerprint density at radius 1 is 1.36 bits per heavy atom. The van der Waals surface area contributed by atoms with Crippen LogP contribution in [-0.4, -0.2) is 42.5 Å². The highest BCUT2D eigenvalue weighted by Gasteiger charge is 2.14. The van der Waals surface area contributed by atoms with Crippen molar-refractivity contribution in [3.63, 3.8) is 0 Å². The number of hydrogen-bond donors (Lipinski definition) is 2. The molecule has 5 nitrogen and oxygen atoms in total. The molecular weight excluding hydrogens is 332 g/mol. The molecule has 1 aliphatic rings. The molecule has 0 saturated carbocycles. The smallest absolute Gasteiger partial charge is 0.187 e. The molecule has 1 aromatic rings. The first-order valence-electron chi connectivity index (χ1n) is 8.72. The van der Waals surface area contributed by atoms with E-state index in [9.17, 15) is 0 Å². The van der Waals surface area contributed by atoms with Gasteiger partial charge in [-0.3, -0.25) is 10.3 Å². The number of likely N-dealkylation sites (tertiary alicyclic amines) is 1. The first kappa shape index (κ1) is 19.4. The zero-order valence-corrected chi connectivity index (χ0v) is 16.0. The minimum Gasteiger partial charge on any atom is -0.496 e. The monoisotopic (exact) mass is 360 g/mol. The standard InChI is InChI=1S/C19H28N4OS/c1-4-10-20-19(25)22-21-15(2)16-8-9-18(24-3)17(13-16)14-23-11-6-5-7-12-23/h4,8-9,13H,1,5-7,10-12,14H2,2-3H3,(H2,20,22,25)/b21-15-. The van der Waals surface area contributed by atoms with E-state index >= 15 is 0 Å². The molecule has 1 saturated heterocycles. The third-order valence-corrected chi connectivity index (χ3v) is 4.51. The van der Waals surface area contributed by atoms with Crippen LogP contribution >= 0.6 is 12.2 Å². The normalized spacial score (nSPS) is 15.5. The van der Waals surface area contributed by atoms with Gasteiger partial charge >= 0.3 is 0 Å². The minimum absolute atomic E-state index is 0.487. The summed E-state index contributed by atoms with van der Waals surface area (Å²) in [7, 11) is 1.72. The quantitative estimate of drug-likeness (QED) is 0.339. The maximum absolute atomic E-state index is 5.54. The number of nitrogens with one attached hydrogen (secondary N) is 2. The molecule has 0 unspecified atom stereocenters. The summed E-state index contributed by atoms with van der Waals surface area (Å²) in [6, 6.07) is 6.20. The zero-order valence-electron chi connectivity index (χ0n) is 15.2. The van der Waals surface area contributed by atoms with Crippen molar-refractivity contribution in [2.45, 2.75) is 32.7 Å². The Labute approximate surface area is 156 Å². The van der Waals surface area contributed by atoms with Gasteiger partial charge in [0.25, 0.3) is 0 Å². The minimum atomic E-state index is 0.487. The van der Waals surface area contributed by atoms with Gasteiger partial charge in [0, 0.05) is 18.7 Å². The summed E-state index contributed by atoms with van der Waals surface area (Å²) >= 11 is 5.16. The summed E-state index contributed by atoms with van der Waals surface area (Å²) in [5.41, 5.74) is 6.00. The van der Waals surface area contributed by atoms with Crippen LogP contribution in [0.5, 0.6) is 5.75 Å². The molecule has 1 aliphatic heterocycles. The van der Waals surface area contributed by atoms with Gasteiger partial charge in [0.1, 0.15) is 5.75 Å². The highest BCUT2D eigenvalue weighted by Crippen LogP contribution is 2.23. The molecule has 0 spiro atoms. The fourth-order valence-corrected chi connectivity index (χ4v) is 3.02. The van der Waals surface area contributed by atoms with Crippen molar-refractivity contribution in [2.24, 2.45) is 5.10 Å². The first-order chi connectivity index (χ1) is 12.1. The molecule has 0 aromatic heterocycles. The summed E-state index contributed by atoms with van der Waals surface area (Å²) in [4.78, 5) is 2.49. The highest BCUT2D eigenvalue weighted by atomic mass is 32.1. The van der Waals surface area contributed by atoms with E-state index in [2.05, 4.69) is 33.4 Å². The van der Waals surface area contributed by atoms with Gasteiger partial charge in [0.2, 0.25) is 0 Å². The highest BCUT2D eigenvalue weighted by molar-refractivity contribution is 7.80. The molecule has 2 rings (SSSR count). The lowest BCUT2D eigenvalue weighted by Crippen LogP contribution is -2.32. The van der Waals surface area contributed by atoms with Gasteiger partial charge in [-0.05, 0) is 68.8 Å². The molecule has 25 heavy (non-hydrogen) atoms. The van der Waals surface area contributed by atoms with Gasteiger partial charge in [-0.25, -0.2) is 0 Å². The molecule has 0 amide bonds. The maximum Gasteiger partial charge on any atom is 0.187 e. The number of benzene rings is 1. The second kappa shape index (κ2) is 10.2. The third kappa shape index (κ3) is 6.14. The van der Waals surface area contributed by atoms with Crippen molar-refractivity contribution < 1.29 is 4.74 Å². The summed E-state index contributed by atoms with van der Waals surface area (Å²) in [6.07, 6.45) is 5.65. The number of nitrogens with zero attached hydrogens (tertiary/aromatic N) is 2. The predicted octanol–water partition coefficient (Wildman–Crippen LogP) is 3.06. The predicted molar refractivity (Wildman–Crippen MR) is 108 cm³/mol. The van der Waals surface area contributed by atoms with Crippen molar-refractivity contribution in [3.05, 3.63) is 42.0 Å². The Hall–Kier alpha value is -1.92. The number of hydrogen-bond acceptors (Lipinski definition) is 4. The molecule has 0 aliphatic carbocycles. The van der Waals surface area contributed by atoms with Crippen LogP contribution < -0.4 is 15.5 Å². The van der Waals surface area contributed by atoms with E-state index in [1.165, 1.54) is 24.8 Å². The molecule has 2 N–H and O–H groups in total. The molecule has 136 valence electrons. The number of piperidine rings is 1. The van der Waals surface area contributed by atoms with Gasteiger partial charge in [-0.1, -0.05) is 12.5 Å². The lowest BCUT2D eigenvalue weighted by Gasteiger charge is -2.27. The Balaban J connectivity index is 2.08. The number of ether oxygens (including phenoxy) is 1. The van der Waals surface area contributed by atoms with Gasteiger partial charge in [0.15, 0.2) is 5.11 Å². The van der Waals surface area contributed by atoms with Crippen LogP contribution in [-0.2, 0) is 6.54 Å². The topological polar surface area (TPSA) is 48.9 Å². The lowest BCUT2D eigenvalue weighted by molar-refractivity contribution is 0.218. The number of rotatable bonds is 7. The van der Waals surface area contributed by atoms with Crippen molar-refractivity contribution >= 4 is 23.0 Å². The SMILES string of the molecule is C=CCNC(=S)N/N=C(/C)c1ccc(OC)c(CN2CCCCC2)c1. The molecule has 0 radical (unpaired) electrons. The molecule has 1 fully saturated rings. The molecule has 0 atom stereocenters. The lowest BCUT2D eigenvalue weighted by atomic mass is 10.0. The molecule has 6 heteroatoms. The molecule has 0 bridgehead atoms. The fourth-order valence-electron chi connectivity index (χ4n) is 2.89. The van der Waals surface area contributed by atoms with Crippen LogP contribution in [0.4, 0.5) is 0 Å². The Kier molecular flexibility index (Phi) is 7.88. The Bertz CT molecular complexity index is 624. The van der Waals surface area contributed by atoms with Crippen LogP contribution in [0.2, 0.25) is 0 Å². The molecule has 1 aromatic carbocycles. The van der Waals surface area contributed by atoms with Crippen LogP contribution in [0.15, 0.2) is 36.0 Å². The van der Waals surface area contributed by atoms with Crippen molar-refractivity contribution in [1.29, 1.82) is 0 Å². The van der Waals surface area contributed by atoms with Crippen molar-refractivity contribution in [1.82, 2.24) is 15.6 Å². The van der Waals surface area contributed by atoms with Crippen LogP contribution in [0, 0.1) is 0 Å². The third-order valence-electron chi connectivity index (χ3n) is 4.27. The summed E-state index contributed by atoms with van der Waals surface area (Å²) in [5, 5.41) is 7.84. The van der Waals surface area contributed by atoms with Crippen molar-refractivity contribution in [2.75, 3.05) is 26.7 Å². The van der Waals surface area contributed by atoms with E-state index in [1.807, 2.05) is 19.1 Å². The molecular formula is C19H28N4OS. The number of thiocarbonyl (C=S) groups is 1. The van der Waals surface area contributed by atoms with Gasteiger partial charge < -0.3 is 10.1 Å². The van der Waals surface area contributed by atoms with Crippen LogP contribution in [0.1, 0.15) is 37.3 Å². The second-order valence-electron chi connectivity index (χ2n) is 6.17.